The summed E-state index contributed by atoms with van der Waals surface area (Å²) < 4.78 is 0. The maximum absolute atomic E-state index is 6.37. The van der Waals surface area contributed by atoms with Crippen LogP contribution in [0.15, 0.2) is 52.4 Å². The van der Waals surface area contributed by atoms with Gasteiger partial charge in [0.2, 0.25) is 0 Å². The highest BCUT2D eigenvalue weighted by molar-refractivity contribution is 6.33. The van der Waals surface area contributed by atoms with Crippen molar-refractivity contribution in [3.05, 3.63) is 52.7 Å². The normalized spacial score (nSPS) is 14.5. The van der Waals surface area contributed by atoms with Gasteiger partial charge in [-0.05, 0) is 36.3 Å². The molecular weight excluding hydrogens is 310 g/mol. The highest BCUT2D eigenvalue weighted by Crippen LogP contribution is 2.34. The average molecular weight is 328 g/mol. The van der Waals surface area contributed by atoms with Crippen LogP contribution >= 0.6 is 11.6 Å². The van der Waals surface area contributed by atoms with Gasteiger partial charge in [0, 0.05) is 35.0 Å². The van der Waals surface area contributed by atoms with Crippen molar-refractivity contribution in [1.29, 1.82) is 0 Å². The topological polar surface area (TPSA) is 66.9 Å². The van der Waals surface area contributed by atoms with E-state index in [4.69, 9.17) is 17.3 Å². The summed E-state index contributed by atoms with van der Waals surface area (Å²) in [5.41, 5.74) is 10.7. The number of pyridine rings is 1. The standard InChI is InChI=1S/C17H18ClN5/c1-3-11-10-23(2)22-21-17(11)12-4-6-15(18)14(8-12)13-5-7-16(19)20-9-13/h4-9H,3,10H2,1-2H3,(H2,19,20). The average Bonchev–Trinajstić information content (AvgIpc) is 2.56. The lowest BCUT2D eigenvalue weighted by Gasteiger charge is -2.21. The molecule has 3 rings (SSSR count). The molecule has 0 spiro atoms. The second kappa shape index (κ2) is 6.38. The van der Waals surface area contributed by atoms with Crippen LogP contribution in [0.2, 0.25) is 5.02 Å². The number of hydrogen-bond donors (Lipinski definition) is 1. The lowest BCUT2D eigenvalue weighted by atomic mass is 9.99. The second-order valence-electron chi connectivity index (χ2n) is 5.48. The number of nitrogens with two attached hydrogens (primary N) is 1. The molecule has 0 saturated heterocycles. The van der Waals surface area contributed by atoms with Gasteiger partial charge in [-0.1, -0.05) is 29.8 Å². The van der Waals surface area contributed by atoms with Crippen molar-refractivity contribution in [1.82, 2.24) is 9.99 Å². The van der Waals surface area contributed by atoms with Crippen LogP contribution in [0.3, 0.4) is 0 Å². The first-order valence-corrected chi connectivity index (χ1v) is 7.83. The zero-order valence-corrected chi connectivity index (χ0v) is 13.9. The highest BCUT2D eigenvalue weighted by Gasteiger charge is 2.16. The van der Waals surface area contributed by atoms with E-state index in [1.807, 2.05) is 36.3 Å². The number of likely N-dealkylation sites (N-methyl/N-ethyl adjacent to an activating group) is 1. The molecule has 1 aromatic heterocycles. The number of halogens is 1. The van der Waals surface area contributed by atoms with Gasteiger partial charge in [0.25, 0.3) is 0 Å². The van der Waals surface area contributed by atoms with Gasteiger partial charge in [0.15, 0.2) is 0 Å². The number of aromatic nitrogens is 1. The molecule has 118 valence electrons. The molecule has 2 N–H and O–H groups in total. The van der Waals surface area contributed by atoms with Crippen molar-refractivity contribution >= 4 is 23.1 Å². The molecule has 23 heavy (non-hydrogen) atoms. The van der Waals surface area contributed by atoms with Crippen molar-refractivity contribution in [2.75, 3.05) is 19.3 Å². The Morgan fingerprint density at radius 3 is 2.70 bits per heavy atom. The molecule has 2 heterocycles. The van der Waals surface area contributed by atoms with Crippen LogP contribution in [0.1, 0.15) is 18.9 Å². The summed E-state index contributed by atoms with van der Waals surface area (Å²) in [6.45, 7) is 2.92. The van der Waals surface area contributed by atoms with Gasteiger partial charge in [-0.3, -0.25) is 5.01 Å². The van der Waals surface area contributed by atoms with Crippen molar-refractivity contribution < 1.29 is 0 Å². The van der Waals surface area contributed by atoms with E-state index in [-0.39, 0.29) is 0 Å². The number of anilines is 1. The van der Waals surface area contributed by atoms with Crippen molar-refractivity contribution in [3.8, 4) is 11.1 Å². The van der Waals surface area contributed by atoms with E-state index < -0.39 is 0 Å². The Balaban J connectivity index is 2.07. The minimum Gasteiger partial charge on any atom is -0.384 e. The van der Waals surface area contributed by atoms with Gasteiger partial charge in [0.1, 0.15) is 5.82 Å². The van der Waals surface area contributed by atoms with Gasteiger partial charge in [0.05, 0.1) is 12.2 Å². The van der Waals surface area contributed by atoms with Crippen LogP contribution in [0.4, 0.5) is 5.82 Å². The second-order valence-corrected chi connectivity index (χ2v) is 5.88. The van der Waals surface area contributed by atoms with Gasteiger partial charge in [-0.2, -0.15) is 0 Å². The molecule has 2 aromatic rings. The lowest BCUT2D eigenvalue weighted by molar-refractivity contribution is 0.348. The maximum atomic E-state index is 6.37. The summed E-state index contributed by atoms with van der Waals surface area (Å²) in [7, 11) is 1.92. The molecule has 6 heteroatoms. The summed E-state index contributed by atoms with van der Waals surface area (Å²) in [6.07, 6.45) is 2.66. The predicted molar refractivity (Wildman–Crippen MR) is 93.8 cm³/mol. The Kier molecular flexibility index (Phi) is 4.30. The van der Waals surface area contributed by atoms with E-state index in [1.165, 1.54) is 5.57 Å². The molecule has 0 unspecified atom stereocenters. The van der Waals surface area contributed by atoms with Crippen LogP contribution in [0.25, 0.3) is 16.8 Å². The first-order chi connectivity index (χ1) is 11.1. The molecule has 0 fully saturated rings. The number of nitrogens with zero attached hydrogens (tertiary/aromatic N) is 4. The number of nitrogen functional groups attached to an aromatic ring is 1. The first-order valence-electron chi connectivity index (χ1n) is 7.45. The van der Waals surface area contributed by atoms with E-state index >= 15 is 0 Å². The maximum Gasteiger partial charge on any atom is 0.123 e. The molecule has 0 radical (unpaired) electrons. The SMILES string of the molecule is CCC1=C(c2ccc(Cl)c(-c3ccc(N)nc3)c2)N=NN(C)C1. The third-order valence-corrected chi connectivity index (χ3v) is 4.15. The molecule has 0 aliphatic carbocycles. The zero-order valence-electron chi connectivity index (χ0n) is 13.1. The molecule has 0 bridgehead atoms. The number of rotatable bonds is 3. The minimum atomic E-state index is 0.487. The van der Waals surface area contributed by atoms with Crippen LogP contribution < -0.4 is 5.73 Å². The Bertz CT molecular complexity index is 780. The lowest BCUT2D eigenvalue weighted by Crippen LogP contribution is -2.18. The van der Waals surface area contributed by atoms with Crippen molar-refractivity contribution in [2.45, 2.75) is 13.3 Å². The van der Waals surface area contributed by atoms with Gasteiger partial charge in [-0.15, -0.1) is 5.11 Å². The van der Waals surface area contributed by atoms with Crippen LogP contribution in [-0.4, -0.2) is 23.6 Å². The summed E-state index contributed by atoms with van der Waals surface area (Å²) in [5, 5.41) is 11.0. The molecule has 1 aliphatic heterocycles. The smallest absolute Gasteiger partial charge is 0.123 e. The summed E-state index contributed by atoms with van der Waals surface area (Å²) in [6, 6.07) is 9.58. The fraction of sp³-hybridized carbons (Fsp3) is 0.235. The monoisotopic (exact) mass is 327 g/mol. The third kappa shape index (κ3) is 3.19. The predicted octanol–water partition coefficient (Wildman–Crippen LogP) is 4.42. The molecular formula is C17H18ClN5. The number of hydrogen-bond acceptors (Lipinski definition) is 5. The summed E-state index contributed by atoms with van der Waals surface area (Å²) >= 11 is 6.37. The third-order valence-electron chi connectivity index (χ3n) is 3.82. The molecule has 0 amide bonds. The first kappa shape index (κ1) is 15.5. The Morgan fingerprint density at radius 2 is 2.00 bits per heavy atom. The minimum absolute atomic E-state index is 0.487. The van der Waals surface area contributed by atoms with Crippen LogP contribution in [0.5, 0.6) is 0 Å². The van der Waals surface area contributed by atoms with E-state index in [0.717, 1.165) is 35.4 Å². The van der Waals surface area contributed by atoms with Gasteiger partial charge in [-0.25, -0.2) is 4.98 Å². The van der Waals surface area contributed by atoms with Crippen LogP contribution in [0, 0.1) is 0 Å². The van der Waals surface area contributed by atoms with E-state index in [0.29, 0.717) is 10.8 Å². The fourth-order valence-corrected chi connectivity index (χ4v) is 2.80. The molecule has 0 saturated carbocycles. The Hall–Kier alpha value is -2.40. The Labute approximate surface area is 140 Å². The molecule has 0 atom stereocenters. The van der Waals surface area contributed by atoms with Gasteiger partial charge < -0.3 is 5.73 Å². The largest absolute Gasteiger partial charge is 0.384 e. The van der Waals surface area contributed by atoms with Gasteiger partial charge >= 0.3 is 0 Å². The van der Waals surface area contributed by atoms with Crippen molar-refractivity contribution in [2.24, 2.45) is 10.3 Å². The van der Waals surface area contributed by atoms with Crippen LogP contribution in [-0.2, 0) is 0 Å². The van der Waals surface area contributed by atoms with E-state index in [1.54, 1.807) is 12.3 Å². The number of benzene rings is 1. The molecule has 1 aromatic carbocycles. The van der Waals surface area contributed by atoms with Crippen molar-refractivity contribution in [3.63, 3.8) is 0 Å². The summed E-state index contributed by atoms with van der Waals surface area (Å²) in [4.78, 5) is 4.14. The summed E-state index contributed by atoms with van der Waals surface area (Å²) in [5.74, 6) is 0.487. The highest BCUT2D eigenvalue weighted by atomic mass is 35.5. The quantitative estimate of drug-likeness (QED) is 0.907. The molecule has 5 nitrogen and oxygen atoms in total. The van der Waals surface area contributed by atoms with E-state index in [2.05, 4.69) is 22.2 Å². The Morgan fingerprint density at radius 1 is 1.22 bits per heavy atom. The molecule has 1 aliphatic rings. The fourth-order valence-electron chi connectivity index (χ4n) is 2.57. The zero-order chi connectivity index (χ0) is 16.4. The van der Waals surface area contributed by atoms with E-state index in [9.17, 15) is 0 Å².